The molecule has 1 heterocycles. The zero-order valence-electron chi connectivity index (χ0n) is 16.5. The van der Waals surface area contributed by atoms with E-state index in [-0.39, 0.29) is 24.8 Å². The molecule has 1 amide bonds. The molecule has 1 unspecified atom stereocenters. The molecule has 1 N–H and O–H groups in total. The molecule has 152 valence electrons. The van der Waals surface area contributed by atoms with Crippen LogP contribution in [0.3, 0.4) is 0 Å². The van der Waals surface area contributed by atoms with E-state index >= 15 is 0 Å². The SMILES string of the molecule is CN(C)c1cccc(C2CC(c3cccc(Br)c3)=NN2C(=O)CCCC(=O)O)c1. The molecule has 0 spiro atoms. The van der Waals surface area contributed by atoms with Gasteiger partial charge in [0.15, 0.2) is 0 Å². The second-order valence-electron chi connectivity index (χ2n) is 7.25. The molecule has 0 fully saturated rings. The summed E-state index contributed by atoms with van der Waals surface area (Å²) in [5.74, 6) is -1.05. The van der Waals surface area contributed by atoms with E-state index in [2.05, 4.69) is 27.1 Å². The van der Waals surface area contributed by atoms with Crippen molar-refractivity contribution >= 4 is 39.2 Å². The van der Waals surface area contributed by atoms with Crippen LogP contribution in [0.15, 0.2) is 58.1 Å². The van der Waals surface area contributed by atoms with Gasteiger partial charge in [0.25, 0.3) is 0 Å². The number of carbonyl (C=O) groups excluding carboxylic acids is 1. The minimum atomic E-state index is -0.896. The summed E-state index contributed by atoms with van der Waals surface area (Å²) in [6.45, 7) is 0. The molecule has 0 saturated heterocycles. The summed E-state index contributed by atoms with van der Waals surface area (Å²) in [6, 6.07) is 15.7. The molecule has 29 heavy (non-hydrogen) atoms. The lowest BCUT2D eigenvalue weighted by Crippen LogP contribution is -2.27. The fraction of sp³-hybridized carbons (Fsp3) is 0.318. The smallest absolute Gasteiger partial charge is 0.303 e. The van der Waals surface area contributed by atoms with Crippen LogP contribution in [0.4, 0.5) is 5.69 Å². The summed E-state index contributed by atoms with van der Waals surface area (Å²) in [5, 5.41) is 15.0. The Bertz CT molecular complexity index is 942. The van der Waals surface area contributed by atoms with Crippen molar-refractivity contribution in [2.75, 3.05) is 19.0 Å². The van der Waals surface area contributed by atoms with E-state index in [9.17, 15) is 9.59 Å². The monoisotopic (exact) mass is 457 g/mol. The van der Waals surface area contributed by atoms with Crippen LogP contribution in [0.2, 0.25) is 0 Å². The molecule has 2 aromatic carbocycles. The van der Waals surface area contributed by atoms with Gasteiger partial charge >= 0.3 is 5.97 Å². The molecule has 0 saturated carbocycles. The van der Waals surface area contributed by atoms with Crippen molar-refractivity contribution in [3.63, 3.8) is 0 Å². The Kier molecular flexibility index (Phi) is 6.69. The quantitative estimate of drug-likeness (QED) is 0.666. The maximum atomic E-state index is 12.9. The summed E-state index contributed by atoms with van der Waals surface area (Å²) < 4.78 is 0.954. The summed E-state index contributed by atoms with van der Waals surface area (Å²) in [4.78, 5) is 25.7. The van der Waals surface area contributed by atoms with Gasteiger partial charge in [-0.05, 0) is 41.8 Å². The summed E-state index contributed by atoms with van der Waals surface area (Å²) >= 11 is 3.49. The number of hydrazone groups is 1. The highest BCUT2D eigenvalue weighted by Crippen LogP contribution is 2.35. The Balaban J connectivity index is 1.90. The Morgan fingerprint density at radius 2 is 1.93 bits per heavy atom. The number of benzene rings is 2. The average Bonchev–Trinajstić information content (AvgIpc) is 3.13. The largest absolute Gasteiger partial charge is 0.481 e. The molecule has 1 aliphatic rings. The molecule has 1 aliphatic heterocycles. The summed E-state index contributed by atoms with van der Waals surface area (Å²) in [7, 11) is 3.96. The summed E-state index contributed by atoms with van der Waals surface area (Å²) in [6.07, 6.45) is 1.04. The van der Waals surface area contributed by atoms with Crippen molar-refractivity contribution in [1.29, 1.82) is 0 Å². The number of hydrogen-bond acceptors (Lipinski definition) is 4. The molecule has 0 aliphatic carbocycles. The van der Waals surface area contributed by atoms with Gasteiger partial charge in [0.2, 0.25) is 5.91 Å². The number of aliphatic carboxylic acids is 1. The zero-order chi connectivity index (χ0) is 21.0. The molecule has 0 radical (unpaired) electrons. The normalized spacial score (nSPS) is 15.9. The molecular formula is C22H24BrN3O3. The molecule has 3 rings (SSSR count). The van der Waals surface area contributed by atoms with Crippen LogP contribution in [0, 0.1) is 0 Å². The molecule has 0 bridgehead atoms. The zero-order valence-corrected chi connectivity index (χ0v) is 18.1. The number of nitrogens with zero attached hydrogens (tertiary/aromatic N) is 3. The van der Waals surface area contributed by atoms with Crippen LogP contribution in [0.5, 0.6) is 0 Å². The molecular weight excluding hydrogens is 434 g/mol. The molecule has 2 aromatic rings. The number of halogens is 1. The Labute approximate surface area is 179 Å². The van der Waals surface area contributed by atoms with E-state index in [1.807, 2.05) is 61.5 Å². The lowest BCUT2D eigenvalue weighted by Gasteiger charge is -2.23. The number of carboxylic acid groups (broad SMARTS) is 1. The van der Waals surface area contributed by atoms with Gasteiger partial charge in [-0.2, -0.15) is 5.10 Å². The highest BCUT2D eigenvalue weighted by atomic mass is 79.9. The summed E-state index contributed by atoms with van der Waals surface area (Å²) in [5.41, 5.74) is 3.88. The van der Waals surface area contributed by atoms with Crippen LogP contribution < -0.4 is 4.90 Å². The van der Waals surface area contributed by atoms with E-state index < -0.39 is 5.97 Å². The van der Waals surface area contributed by atoms with Gasteiger partial charge in [-0.25, -0.2) is 5.01 Å². The first kappa shape index (κ1) is 21.0. The van der Waals surface area contributed by atoms with E-state index in [1.165, 1.54) is 5.01 Å². The van der Waals surface area contributed by atoms with Crippen LogP contribution >= 0.6 is 15.9 Å². The minimum absolute atomic E-state index is 0.0252. The standard InChI is InChI=1S/C22H24BrN3O3/c1-25(2)18-9-4-7-16(13-18)20-14-19(15-6-3-8-17(23)12-15)24-26(20)21(27)10-5-11-22(28)29/h3-4,6-9,12-13,20H,5,10-11,14H2,1-2H3,(H,28,29). The maximum absolute atomic E-state index is 12.9. The lowest BCUT2D eigenvalue weighted by molar-refractivity contribution is -0.137. The van der Waals surface area contributed by atoms with E-state index in [1.54, 1.807) is 0 Å². The highest BCUT2D eigenvalue weighted by Gasteiger charge is 2.33. The second kappa shape index (κ2) is 9.22. The highest BCUT2D eigenvalue weighted by molar-refractivity contribution is 9.10. The van der Waals surface area contributed by atoms with Gasteiger partial charge in [0.1, 0.15) is 0 Å². The number of hydrogen-bond donors (Lipinski definition) is 1. The number of rotatable bonds is 7. The van der Waals surface area contributed by atoms with Crippen molar-refractivity contribution in [2.24, 2.45) is 5.10 Å². The fourth-order valence-corrected chi connectivity index (χ4v) is 3.76. The average molecular weight is 458 g/mol. The van der Waals surface area contributed by atoms with Crippen molar-refractivity contribution in [3.8, 4) is 0 Å². The second-order valence-corrected chi connectivity index (χ2v) is 8.17. The first-order valence-electron chi connectivity index (χ1n) is 9.49. The van der Waals surface area contributed by atoms with E-state index in [0.29, 0.717) is 12.8 Å². The van der Waals surface area contributed by atoms with Gasteiger partial charge in [-0.3, -0.25) is 9.59 Å². The number of anilines is 1. The third kappa shape index (κ3) is 5.23. The van der Waals surface area contributed by atoms with Crippen LogP contribution in [0.25, 0.3) is 0 Å². The van der Waals surface area contributed by atoms with Gasteiger partial charge < -0.3 is 10.0 Å². The molecule has 1 atom stereocenters. The Morgan fingerprint density at radius 3 is 2.62 bits per heavy atom. The van der Waals surface area contributed by atoms with Crippen LogP contribution in [-0.2, 0) is 9.59 Å². The third-order valence-corrected chi connectivity index (χ3v) is 5.37. The van der Waals surface area contributed by atoms with Crippen molar-refractivity contribution in [1.82, 2.24) is 5.01 Å². The van der Waals surface area contributed by atoms with Crippen molar-refractivity contribution in [2.45, 2.75) is 31.7 Å². The predicted molar refractivity (Wildman–Crippen MR) is 117 cm³/mol. The topological polar surface area (TPSA) is 73.2 Å². The van der Waals surface area contributed by atoms with Gasteiger partial charge in [-0.1, -0.05) is 40.2 Å². The predicted octanol–water partition coefficient (Wildman–Crippen LogP) is 4.45. The Morgan fingerprint density at radius 1 is 1.17 bits per heavy atom. The third-order valence-electron chi connectivity index (χ3n) is 4.88. The minimum Gasteiger partial charge on any atom is -0.481 e. The number of carbonyl (C=O) groups is 2. The van der Waals surface area contributed by atoms with E-state index in [0.717, 1.165) is 27.0 Å². The number of carboxylic acids is 1. The van der Waals surface area contributed by atoms with Crippen LogP contribution in [0.1, 0.15) is 42.9 Å². The van der Waals surface area contributed by atoms with Gasteiger partial charge in [0.05, 0.1) is 11.8 Å². The first-order valence-corrected chi connectivity index (χ1v) is 10.3. The Hall–Kier alpha value is -2.67. The lowest BCUT2D eigenvalue weighted by atomic mass is 9.97. The molecule has 7 heteroatoms. The van der Waals surface area contributed by atoms with Crippen molar-refractivity contribution in [3.05, 3.63) is 64.1 Å². The molecule has 0 aromatic heterocycles. The van der Waals surface area contributed by atoms with Crippen molar-refractivity contribution < 1.29 is 14.7 Å². The number of amides is 1. The maximum Gasteiger partial charge on any atom is 0.303 e. The fourth-order valence-electron chi connectivity index (χ4n) is 3.36. The first-order chi connectivity index (χ1) is 13.8. The molecule has 6 nitrogen and oxygen atoms in total. The van der Waals surface area contributed by atoms with Crippen LogP contribution in [-0.4, -0.2) is 41.8 Å². The van der Waals surface area contributed by atoms with Gasteiger partial charge in [-0.15, -0.1) is 0 Å². The van der Waals surface area contributed by atoms with Gasteiger partial charge in [0, 0.05) is 43.5 Å². The van der Waals surface area contributed by atoms with E-state index in [4.69, 9.17) is 5.11 Å².